The molecule has 1 amide bonds. The fourth-order valence-corrected chi connectivity index (χ4v) is 6.92. The Kier molecular flexibility index (Phi) is 5.87. The normalized spacial score (nSPS) is 24.8. The molecule has 39 heavy (non-hydrogen) atoms. The van der Waals surface area contributed by atoms with Crippen LogP contribution in [0.15, 0.2) is 79.0 Å². The average molecular weight is 519 g/mol. The van der Waals surface area contributed by atoms with Crippen LogP contribution in [0.4, 0.5) is 5.69 Å². The van der Waals surface area contributed by atoms with Crippen molar-refractivity contribution in [1.29, 1.82) is 0 Å². The quantitative estimate of drug-likeness (QED) is 0.400. The predicted molar refractivity (Wildman–Crippen MR) is 153 cm³/mol. The molecule has 0 bridgehead atoms. The van der Waals surface area contributed by atoms with Gasteiger partial charge in [-0.25, -0.2) is 0 Å². The van der Waals surface area contributed by atoms with E-state index in [1.54, 1.807) is 0 Å². The zero-order chi connectivity index (χ0) is 27.5. The van der Waals surface area contributed by atoms with Crippen LogP contribution < -0.4 is 5.32 Å². The number of carbonyl (C=O) groups is 3. The lowest BCUT2D eigenvalue weighted by atomic mass is 9.62. The first kappa shape index (κ1) is 25.3. The van der Waals surface area contributed by atoms with Crippen molar-refractivity contribution in [1.82, 2.24) is 4.90 Å². The Bertz CT molecular complexity index is 1510. The van der Waals surface area contributed by atoms with Crippen molar-refractivity contribution >= 4 is 29.2 Å². The second-order valence-corrected chi connectivity index (χ2v) is 12.0. The molecule has 3 aromatic carbocycles. The molecule has 3 aliphatic rings. The molecule has 0 aliphatic carbocycles. The number of anilines is 1. The highest BCUT2D eigenvalue weighted by atomic mass is 16.2. The van der Waals surface area contributed by atoms with Crippen LogP contribution in [0.2, 0.25) is 0 Å². The standard InChI is InChI=1S/C34H34N2O3/c1-5-10-21-15-17-23(18-16-21)29(37)27-28(31(38)33(2,3)4)36-20-19-22-11-6-7-12-24(22)30(36)34(27)25-13-8-9-14-26(25)35-32(34)39/h6-9,11-20,27-28,30H,5,10H2,1-4H3,(H,35,39)/t27-,28-,30+,34+/m0/s1. The van der Waals surface area contributed by atoms with Gasteiger partial charge in [0.05, 0.1) is 18.0 Å². The number of rotatable bonds is 5. The Morgan fingerprint density at radius 1 is 0.949 bits per heavy atom. The van der Waals surface area contributed by atoms with Crippen molar-refractivity contribution in [2.24, 2.45) is 11.3 Å². The molecule has 5 nitrogen and oxygen atoms in total. The predicted octanol–water partition coefficient (Wildman–Crippen LogP) is 6.35. The van der Waals surface area contributed by atoms with Gasteiger partial charge in [-0.1, -0.05) is 101 Å². The van der Waals surface area contributed by atoms with Gasteiger partial charge in [-0.3, -0.25) is 14.4 Å². The minimum Gasteiger partial charge on any atom is -0.358 e. The maximum absolute atomic E-state index is 14.7. The lowest BCUT2D eigenvalue weighted by molar-refractivity contribution is -0.131. The third-order valence-corrected chi connectivity index (χ3v) is 8.64. The molecule has 5 heteroatoms. The number of para-hydroxylation sites is 1. The Morgan fingerprint density at radius 2 is 1.64 bits per heavy atom. The van der Waals surface area contributed by atoms with Crippen molar-refractivity contribution in [3.63, 3.8) is 0 Å². The van der Waals surface area contributed by atoms with Gasteiger partial charge in [0.25, 0.3) is 0 Å². The van der Waals surface area contributed by atoms with E-state index in [1.807, 2.05) is 111 Å². The first-order chi connectivity index (χ1) is 18.7. The van der Waals surface area contributed by atoms with Crippen LogP contribution in [0.25, 0.3) is 6.08 Å². The van der Waals surface area contributed by atoms with E-state index >= 15 is 0 Å². The molecule has 6 rings (SSSR count). The molecule has 1 N–H and O–H groups in total. The van der Waals surface area contributed by atoms with E-state index < -0.39 is 28.8 Å². The summed E-state index contributed by atoms with van der Waals surface area (Å²) in [5.74, 6) is -1.36. The summed E-state index contributed by atoms with van der Waals surface area (Å²) in [6, 6.07) is 22.0. The van der Waals surface area contributed by atoms with Crippen molar-refractivity contribution in [2.45, 2.75) is 58.0 Å². The highest BCUT2D eigenvalue weighted by molar-refractivity contribution is 6.15. The number of Topliss-reactive ketones (excluding diaryl/α,β-unsaturated/α-hetero) is 2. The highest BCUT2D eigenvalue weighted by Gasteiger charge is 2.71. The first-order valence-corrected chi connectivity index (χ1v) is 13.8. The van der Waals surface area contributed by atoms with Gasteiger partial charge in [0, 0.05) is 22.9 Å². The van der Waals surface area contributed by atoms with Gasteiger partial charge >= 0.3 is 0 Å². The fourth-order valence-electron chi connectivity index (χ4n) is 6.92. The number of ketones is 2. The molecule has 0 unspecified atom stereocenters. The number of hydrogen-bond acceptors (Lipinski definition) is 4. The lowest BCUT2D eigenvalue weighted by Gasteiger charge is -2.38. The zero-order valence-electron chi connectivity index (χ0n) is 22.9. The van der Waals surface area contributed by atoms with Crippen LogP contribution in [-0.4, -0.2) is 28.4 Å². The van der Waals surface area contributed by atoms with Crippen LogP contribution in [0.3, 0.4) is 0 Å². The maximum Gasteiger partial charge on any atom is 0.238 e. The second kappa shape index (κ2) is 9.04. The summed E-state index contributed by atoms with van der Waals surface area (Å²) in [7, 11) is 0. The average Bonchev–Trinajstić information content (AvgIpc) is 3.40. The van der Waals surface area contributed by atoms with Crippen molar-refractivity contribution in [3.8, 4) is 0 Å². The second-order valence-electron chi connectivity index (χ2n) is 12.0. The molecule has 4 atom stereocenters. The van der Waals surface area contributed by atoms with Gasteiger partial charge in [-0.05, 0) is 40.8 Å². The van der Waals surface area contributed by atoms with E-state index in [4.69, 9.17) is 0 Å². The van der Waals surface area contributed by atoms with Gasteiger partial charge in [-0.2, -0.15) is 0 Å². The van der Waals surface area contributed by atoms with Crippen LogP contribution >= 0.6 is 0 Å². The molecule has 0 saturated carbocycles. The monoisotopic (exact) mass is 518 g/mol. The number of amides is 1. The van der Waals surface area contributed by atoms with Gasteiger partial charge in [0.2, 0.25) is 5.91 Å². The summed E-state index contributed by atoms with van der Waals surface area (Å²) in [6.45, 7) is 7.80. The number of carbonyl (C=O) groups excluding carboxylic acids is 3. The smallest absolute Gasteiger partial charge is 0.238 e. The Morgan fingerprint density at radius 3 is 2.36 bits per heavy atom. The van der Waals surface area contributed by atoms with Crippen LogP contribution in [-0.2, 0) is 21.4 Å². The Hall–Kier alpha value is -3.99. The summed E-state index contributed by atoms with van der Waals surface area (Å²) >= 11 is 0. The van der Waals surface area contributed by atoms with E-state index in [1.165, 1.54) is 0 Å². The van der Waals surface area contributed by atoms with Gasteiger partial charge in [0.1, 0.15) is 5.41 Å². The summed E-state index contributed by atoms with van der Waals surface area (Å²) in [5, 5.41) is 3.10. The Labute approximate surface area is 229 Å². The number of benzene rings is 3. The van der Waals surface area contributed by atoms with Crippen molar-refractivity contribution < 1.29 is 14.4 Å². The highest BCUT2D eigenvalue weighted by Crippen LogP contribution is 2.62. The molecular formula is C34H34N2O3. The van der Waals surface area contributed by atoms with Crippen LogP contribution in [0.1, 0.15) is 72.8 Å². The van der Waals surface area contributed by atoms with Crippen molar-refractivity contribution in [2.75, 3.05) is 5.32 Å². The molecule has 1 saturated heterocycles. The maximum atomic E-state index is 14.7. The first-order valence-electron chi connectivity index (χ1n) is 13.8. The third kappa shape index (κ3) is 3.63. The number of nitrogens with zero attached hydrogens (tertiary/aromatic N) is 1. The number of aryl methyl sites for hydroxylation is 1. The molecule has 0 radical (unpaired) electrons. The van der Waals surface area contributed by atoms with Gasteiger partial charge in [-0.15, -0.1) is 0 Å². The molecule has 0 aromatic heterocycles. The summed E-state index contributed by atoms with van der Waals surface area (Å²) in [6.07, 6.45) is 5.86. The lowest BCUT2D eigenvalue weighted by Crippen LogP contribution is -2.50. The molecule has 3 heterocycles. The van der Waals surface area contributed by atoms with E-state index in [-0.39, 0.29) is 17.5 Å². The van der Waals surface area contributed by atoms with E-state index in [9.17, 15) is 14.4 Å². The van der Waals surface area contributed by atoms with Gasteiger partial charge in [0.15, 0.2) is 11.6 Å². The topological polar surface area (TPSA) is 66.5 Å². The number of fused-ring (bicyclic) bond motifs is 6. The molecule has 1 spiro atoms. The van der Waals surface area contributed by atoms with Crippen LogP contribution in [0.5, 0.6) is 0 Å². The SMILES string of the molecule is CCCc1ccc(C(=O)[C@@H]2[C@@H](C(=O)C(C)(C)C)N3C=Cc4ccccc4[C@@H]3[C@]23C(=O)Nc2ccccc23)cc1. The van der Waals surface area contributed by atoms with Gasteiger partial charge < -0.3 is 10.2 Å². The van der Waals surface area contributed by atoms with E-state index in [0.29, 0.717) is 11.3 Å². The fraction of sp³-hybridized carbons (Fsp3) is 0.324. The zero-order valence-corrected chi connectivity index (χ0v) is 22.9. The molecule has 3 aromatic rings. The van der Waals surface area contributed by atoms with E-state index in [2.05, 4.69) is 12.2 Å². The summed E-state index contributed by atoms with van der Waals surface area (Å²) < 4.78 is 0. The minimum absolute atomic E-state index is 0.0495. The minimum atomic E-state index is -1.28. The molecule has 198 valence electrons. The van der Waals surface area contributed by atoms with Crippen LogP contribution in [0, 0.1) is 11.3 Å². The molecule has 1 fully saturated rings. The molecular weight excluding hydrogens is 484 g/mol. The van der Waals surface area contributed by atoms with Crippen molar-refractivity contribution in [3.05, 3.63) is 107 Å². The number of hydrogen-bond donors (Lipinski definition) is 1. The summed E-state index contributed by atoms with van der Waals surface area (Å²) in [5.41, 5.74) is 3.12. The number of nitrogens with one attached hydrogen (secondary N) is 1. The van der Waals surface area contributed by atoms with E-state index in [0.717, 1.165) is 35.1 Å². The largest absolute Gasteiger partial charge is 0.358 e. The third-order valence-electron chi connectivity index (χ3n) is 8.64. The molecule has 3 aliphatic heterocycles. The summed E-state index contributed by atoms with van der Waals surface area (Å²) in [4.78, 5) is 45.5. The Balaban J connectivity index is 1.64.